The molecule has 0 spiro atoms. The number of rotatable bonds is 8. The van der Waals surface area contributed by atoms with Crippen LogP contribution in [0, 0.1) is 0 Å². The van der Waals surface area contributed by atoms with Crippen molar-refractivity contribution in [1.29, 1.82) is 0 Å². The van der Waals surface area contributed by atoms with Gasteiger partial charge in [-0.3, -0.25) is 4.98 Å². The van der Waals surface area contributed by atoms with Crippen LogP contribution >= 0.6 is 0 Å². The van der Waals surface area contributed by atoms with Crippen LogP contribution in [0.25, 0.3) is 10.9 Å². The van der Waals surface area contributed by atoms with Gasteiger partial charge in [-0.25, -0.2) is 9.59 Å². The number of carbonyl (C=O) groups excluding carboxylic acids is 2. The van der Waals surface area contributed by atoms with Crippen LogP contribution in [0.1, 0.15) is 31.1 Å². The monoisotopic (exact) mass is 390 g/mol. The largest absolute Gasteiger partial charge is 0.491 e. The Kier molecular flexibility index (Phi) is 7.57. The zero-order valence-electron chi connectivity index (χ0n) is 16.6. The van der Waals surface area contributed by atoms with Crippen LogP contribution in [0.4, 0.5) is 4.79 Å². The second-order valence-electron chi connectivity index (χ2n) is 6.92. The summed E-state index contributed by atoms with van der Waals surface area (Å²) in [6.07, 6.45) is 1.09. The first-order chi connectivity index (χ1) is 13.3. The molecular formula is C20H26N2O6. The zero-order valence-corrected chi connectivity index (χ0v) is 16.6. The van der Waals surface area contributed by atoms with Crippen molar-refractivity contribution >= 4 is 23.0 Å². The van der Waals surface area contributed by atoms with E-state index in [4.69, 9.17) is 18.9 Å². The molecule has 0 saturated heterocycles. The highest BCUT2D eigenvalue weighted by molar-refractivity contribution is 6.03. The lowest BCUT2D eigenvalue weighted by molar-refractivity contribution is 0.0488. The van der Waals surface area contributed by atoms with Crippen molar-refractivity contribution in [3.63, 3.8) is 0 Å². The van der Waals surface area contributed by atoms with Crippen LogP contribution in [0.3, 0.4) is 0 Å². The molecule has 0 fully saturated rings. The summed E-state index contributed by atoms with van der Waals surface area (Å²) in [5, 5.41) is 3.27. The topological polar surface area (TPSA) is 96.0 Å². The summed E-state index contributed by atoms with van der Waals surface area (Å²) in [5.74, 6) is 0.173. The number of carbonyl (C=O) groups is 2. The van der Waals surface area contributed by atoms with E-state index in [1.165, 1.54) is 7.11 Å². The summed E-state index contributed by atoms with van der Waals surface area (Å²) in [4.78, 5) is 27.6. The van der Waals surface area contributed by atoms with Gasteiger partial charge in [-0.2, -0.15) is 0 Å². The number of hydrogen-bond donors (Lipinski definition) is 1. The SMILES string of the molecule is COC(=O)c1ccnc2ccc(OCCOCCNC(=O)OC(C)(C)C)cc12. The number of nitrogens with one attached hydrogen (secondary N) is 1. The standard InChI is InChI=1S/C20H26N2O6/c1-20(2,3)28-19(24)22-9-10-26-11-12-27-14-5-6-17-16(13-14)15(7-8-21-17)18(23)25-4/h5-8,13H,9-12H2,1-4H3,(H,22,24). The number of benzene rings is 1. The molecule has 1 N–H and O–H groups in total. The van der Waals surface area contributed by atoms with Crippen LogP contribution in [0.15, 0.2) is 30.5 Å². The Morgan fingerprint density at radius 2 is 1.89 bits per heavy atom. The molecule has 2 aromatic rings. The molecule has 1 aromatic carbocycles. The molecule has 1 amide bonds. The molecule has 0 aliphatic carbocycles. The molecule has 1 heterocycles. The fourth-order valence-corrected chi connectivity index (χ4v) is 2.36. The fraction of sp³-hybridized carbons (Fsp3) is 0.450. The highest BCUT2D eigenvalue weighted by Gasteiger charge is 2.15. The van der Waals surface area contributed by atoms with Crippen LogP contribution < -0.4 is 10.1 Å². The van der Waals surface area contributed by atoms with E-state index in [1.54, 1.807) is 51.2 Å². The van der Waals surface area contributed by atoms with E-state index in [1.807, 2.05) is 0 Å². The van der Waals surface area contributed by atoms with E-state index in [0.29, 0.717) is 48.6 Å². The van der Waals surface area contributed by atoms with Gasteiger partial charge in [0.05, 0.1) is 31.4 Å². The van der Waals surface area contributed by atoms with Gasteiger partial charge in [-0.15, -0.1) is 0 Å². The quantitative estimate of drug-likeness (QED) is 0.547. The number of amides is 1. The Labute approximate surface area is 164 Å². The van der Waals surface area contributed by atoms with E-state index in [-0.39, 0.29) is 0 Å². The molecule has 8 nitrogen and oxygen atoms in total. The normalized spacial score (nSPS) is 11.1. The summed E-state index contributed by atoms with van der Waals surface area (Å²) in [6, 6.07) is 6.92. The summed E-state index contributed by atoms with van der Waals surface area (Å²) >= 11 is 0. The van der Waals surface area contributed by atoms with Crippen molar-refractivity contribution in [3.05, 3.63) is 36.0 Å². The third kappa shape index (κ3) is 6.70. The predicted molar refractivity (Wildman–Crippen MR) is 104 cm³/mol. The molecule has 1 aromatic heterocycles. The zero-order chi connectivity index (χ0) is 20.6. The predicted octanol–water partition coefficient (Wildman–Crippen LogP) is 2.94. The van der Waals surface area contributed by atoms with Gasteiger partial charge in [0.25, 0.3) is 0 Å². The number of ether oxygens (including phenoxy) is 4. The first kappa shape index (κ1) is 21.4. The fourth-order valence-electron chi connectivity index (χ4n) is 2.36. The van der Waals surface area contributed by atoms with Crippen LogP contribution in [-0.2, 0) is 14.2 Å². The smallest absolute Gasteiger partial charge is 0.407 e. The maximum absolute atomic E-state index is 11.9. The van der Waals surface area contributed by atoms with Crippen molar-refractivity contribution in [2.45, 2.75) is 26.4 Å². The minimum Gasteiger partial charge on any atom is -0.491 e. The van der Waals surface area contributed by atoms with Gasteiger partial charge in [0.2, 0.25) is 0 Å². The minimum atomic E-state index is -0.526. The van der Waals surface area contributed by atoms with Crippen LogP contribution in [0.2, 0.25) is 0 Å². The number of alkyl carbamates (subject to hydrolysis) is 1. The lowest BCUT2D eigenvalue weighted by atomic mass is 10.1. The number of pyridine rings is 1. The van der Waals surface area contributed by atoms with Gasteiger partial charge in [0.1, 0.15) is 18.0 Å². The molecule has 0 bridgehead atoms. The molecule has 0 aliphatic heterocycles. The molecule has 0 saturated carbocycles. The second kappa shape index (κ2) is 9.89. The number of esters is 1. The number of hydrogen-bond acceptors (Lipinski definition) is 7. The molecule has 0 atom stereocenters. The van der Waals surface area contributed by atoms with Gasteiger partial charge in [0.15, 0.2) is 0 Å². The van der Waals surface area contributed by atoms with Crippen LogP contribution in [0.5, 0.6) is 5.75 Å². The Bertz CT molecular complexity index is 816. The molecule has 28 heavy (non-hydrogen) atoms. The van der Waals surface area contributed by atoms with E-state index < -0.39 is 17.7 Å². The Morgan fingerprint density at radius 3 is 2.61 bits per heavy atom. The lowest BCUT2D eigenvalue weighted by Crippen LogP contribution is -2.34. The maximum Gasteiger partial charge on any atom is 0.407 e. The molecule has 8 heteroatoms. The number of fused-ring (bicyclic) bond motifs is 1. The first-order valence-electron chi connectivity index (χ1n) is 8.94. The molecule has 0 radical (unpaired) electrons. The Balaban J connectivity index is 1.75. The van der Waals surface area contributed by atoms with Crippen LogP contribution in [-0.4, -0.2) is 56.1 Å². The highest BCUT2D eigenvalue weighted by Crippen LogP contribution is 2.23. The third-order valence-electron chi connectivity index (χ3n) is 3.53. The summed E-state index contributed by atoms with van der Waals surface area (Å²) < 4.78 is 21.0. The average molecular weight is 390 g/mol. The van der Waals surface area contributed by atoms with Crippen molar-refractivity contribution in [3.8, 4) is 5.75 Å². The molecule has 0 unspecified atom stereocenters. The average Bonchev–Trinajstić information content (AvgIpc) is 2.64. The Hall–Kier alpha value is -2.87. The van der Waals surface area contributed by atoms with E-state index in [2.05, 4.69) is 10.3 Å². The van der Waals surface area contributed by atoms with Gasteiger partial charge < -0.3 is 24.3 Å². The van der Waals surface area contributed by atoms with E-state index in [9.17, 15) is 9.59 Å². The van der Waals surface area contributed by atoms with Gasteiger partial charge >= 0.3 is 12.1 Å². The summed E-state index contributed by atoms with van der Waals surface area (Å²) in [7, 11) is 1.34. The van der Waals surface area contributed by atoms with E-state index >= 15 is 0 Å². The van der Waals surface area contributed by atoms with Crippen molar-refractivity contribution in [1.82, 2.24) is 10.3 Å². The van der Waals surface area contributed by atoms with Gasteiger partial charge in [-0.1, -0.05) is 0 Å². The first-order valence-corrected chi connectivity index (χ1v) is 8.94. The third-order valence-corrected chi connectivity index (χ3v) is 3.53. The van der Waals surface area contributed by atoms with Gasteiger partial charge in [0, 0.05) is 18.1 Å². The summed E-state index contributed by atoms with van der Waals surface area (Å²) in [5.41, 5.74) is 0.587. The Morgan fingerprint density at radius 1 is 1.11 bits per heavy atom. The molecule has 0 aliphatic rings. The second-order valence-corrected chi connectivity index (χ2v) is 6.92. The number of aromatic nitrogens is 1. The summed E-state index contributed by atoms with van der Waals surface area (Å²) in [6.45, 7) is 6.78. The number of nitrogens with zero attached hydrogens (tertiary/aromatic N) is 1. The molecule has 152 valence electrons. The highest BCUT2D eigenvalue weighted by atomic mass is 16.6. The molecular weight excluding hydrogens is 364 g/mol. The number of methoxy groups -OCH3 is 1. The minimum absolute atomic E-state index is 0.325. The van der Waals surface area contributed by atoms with Crippen molar-refractivity contribution in [2.24, 2.45) is 0 Å². The lowest BCUT2D eigenvalue weighted by Gasteiger charge is -2.19. The maximum atomic E-state index is 11.9. The van der Waals surface area contributed by atoms with E-state index in [0.717, 1.165) is 0 Å². The van der Waals surface area contributed by atoms with Crippen molar-refractivity contribution < 1.29 is 28.5 Å². The van der Waals surface area contributed by atoms with Gasteiger partial charge in [-0.05, 0) is 45.0 Å². The molecule has 2 rings (SSSR count). The van der Waals surface area contributed by atoms with Crippen molar-refractivity contribution in [2.75, 3.05) is 33.5 Å².